The standard InChI is InChI=1S/C25H23N3O5S/c29-22(26-15-10-9-14(11-15)23(30)31)21-13-34-24(27-21)28-25(32)33-12-20-18-7-3-1-5-16(18)17-6-2-4-8-19(17)20/h1-8,13-15,20H,9-12H2,(H,26,29)(H,30,31)(H,27,28,32)/t14-,15+/m1/s1. The highest BCUT2D eigenvalue weighted by molar-refractivity contribution is 7.14. The fraction of sp³-hybridized carbons (Fsp3) is 0.280. The molecule has 0 spiro atoms. The van der Waals surface area contributed by atoms with Crippen LogP contribution in [0, 0.1) is 5.92 Å². The van der Waals surface area contributed by atoms with Gasteiger partial charge in [0.05, 0.1) is 5.92 Å². The molecule has 2 atom stereocenters. The van der Waals surface area contributed by atoms with E-state index in [4.69, 9.17) is 9.84 Å². The van der Waals surface area contributed by atoms with Crippen LogP contribution in [0.25, 0.3) is 11.1 Å². The molecule has 0 unspecified atom stereocenters. The van der Waals surface area contributed by atoms with Crippen LogP contribution in [-0.2, 0) is 9.53 Å². The van der Waals surface area contributed by atoms with Crippen molar-refractivity contribution in [2.24, 2.45) is 5.92 Å². The predicted molar refractivity (Wildman–Crippen MR) is 127 cm³/mol. The average Bonchev–Trinajstić information content (AvgIpc) is 3.56. The van der Waals surface area contributed by atoms with Gasteiger partial charge in [-0.1, -0.05) is 48.5 Å². The van der Waals surface area contributed by atoms with Gasteiger partial charge in [0.2, 0.25) is 0 Å². The van der Waals surface area contributed by atoms with E-state index < -0.39 is 18.0 Å². The number of thiazole rings is 1. The third-order valence-corrected chi connectivity index (χ3v) is 7.16. The predicted octanol–water partition coefficient (Wildman–Crippen LogP) is 4.49. The molecule has 174 valence electrons. The van der Waals surface area contributed by atoms with Crippen LogP contribution >= 0.6 is 11.3 Å². The van der Waals surface area contributed by atoms with E-state index in [0.29, 0.717) is 19.3 Å². The number of carboxylic acids is 1. The minimum Gasteiger partial charge on any atom is -0.481 e. The second-order valence-corrected chi connectivity index (χ2v) is 9.37. The van der Waals surface area contributed by atoms with Gasteiger partial charge in [-0.25, -0.2) is 9.78 Å². The van der Waals surface area contributed by atoms with E-state index >= 15 is 0 Å². The number of hydrogen-bond acceptors (Lipinski definition) is 6. The fourth-order valence-electron chi connectivity index (χ4n) is 4.75. The summed E-state index contributed by atoms with van der Waals surface area (Å²) in [4.78, 5) is 40.1. The Labute approximate surface area is 200 Å². The van der Waals surface area contributed by atoms with Crippen molar-refractivity contribution in [1.29, 1.82) is 0 Å². The molecule has 1 heterocycles. The third-order valence-electron chi connectivity index (χ3n) is 6.41. The number of carboxylic acid groups (broad SMARTS) is 1. The maximum atomic E-state index is 12.5. The summed E-state index contributed by atoms with van der Waals surface area (Å²) in [5.41, 5.74) is 4.74. The van der Waals surface area contributed by atoms with Crippen molar-refractivity contribution >= 4 is 34.4 Å². The Morgan fingerprint density at radius 1 is 1.03 bits per heavy atom. The lowest BCUT2D eigenvalue weighted by Gasteiger charge is -2.14. The number of anilines is 1. The topological polar surface area (TPSA) is 118 Å². The second kappa shape index (κ2) is 9.26. The Morgan fingerprint density at radius 3 is 2.35 bits per heavy atom. The summed E-state index contributed by atoms with van der Waals surface area (Å²) in [5, 5.41) is 16.3. The van der Waals surface area contributed by atoms with E-state index in [-0.39, 0.29) is 35.3 Å². The first-order chi connectivity index (χ1) is 16.5. The number of carbonyl (C=O) groups is 3. The molecule has 0 saturated heterocycles. The van der Waals surface area contributed by atoms with Gasteiger partial charge < -0.3 is 15.2 Å². The molecule has 2 aliphatic rings. The third kappa shape index (κ3) is 4.38. The maximum Gasteiger partial charge on any atom is 0.413 e. The molecule has 2 aromatic carbocycles. The van der Waals surface area contributed by atoms with E-state index in [1.165, 1.54) is 0 Å². The minimum atomic E-state index is -0.833. The number of amides is 2. The van der Waals surface area contributed by atoms with Crippen LogP contribution in [0.15, 0.2) is 53.9 Å². The van der Waals surface area contributed by atoms with Crippen molar-refractivity contribution in [2.75, 3.05) is 11.9 Å². The lowest BCUT2D eigenvalue weighted by Crippen LogP contribution is -2.33. The highest BCUT2D eigenvalue weighted by Crippen LogP contribution is 2.44. The summed E-state index contributed by atoms with van der Waals surface area (Å²) in [6.45, 7) is 0.186. The van der Waals surface area contributed by atoms with Gasteiger partial charge in [-0.05, 0) is 41.5 Å². The van der Waals surface area contributed by atoms with E-state index in [1.54, 1.807) is 5.38 Å². The Hall–Kier alpha value is -3.72. The first kappa shape index (κ1) is 22.1. The van der Waals surface area contributed by atoms with Crippen molar-refractivity contribution in [3.8, 4) is 11.1 Å². The van der Waals surface area contributed by atoms with E-state index in [9.17, 15) is 14.4 Å². The number of aromatic nitrogens is 1. The highest BCUT2D eigenvalue weighted by Gasteiger charge is 2.31. The summed E-state index contributed by atoms with van der Waals surface area (Å²) < 4.78 is 5.52. The molecule has 2 aliphatic carbocycles. The van der Waals surface area contributed by atoms with E-state index in [0.717, 1.165) is 33.6 Å². The average molecular weight is 478 g/mol. The Morgan fingerprint density at radius 2 is 1.71 bits per heavy atom. The van der Waals surface area contributed by atoms with Gasteiger partial charge in [-0.3, -0.25) is 14.9 Å². The van der Waals surface area contributed by atoms with Crippen LogP contribution in [0.2, 0.25) is 0 Å². The number of fused-ring (bicyclic) bond motifs is 3. The van der Waals surface area contributed by atoms with Crippen molar-refractivity contribution in [1.82, 2.24) is 10.3 Å². The number of hydrogen-bond donors (Lipinski definition) is 3. The molecule has 8 nitrogen and oxygen atoms in total. The molecule has 2 amide bonds. The summed E-state index contributed by atoms with van der Waals surface area (Å²) in [6, 6.07) is 16.0. The number of benzene rings is 2. The Balaban J connectivity index is 1.17. The zero-order chi connectivity index (χ0) is 23.7. The van der Waals surface area contributed by atoms with Crippen LogP contribution in [0.1, 0.15) is 46.8 Å². The quantitative estimate of drug-likeness (QED) is 0.482. The number of nitrogens with zero attached hydrogens (tertiary/aromatic N) is 1. The summed E-state index contributed by atoms with van der Waals surface area (Å²) in [5.74, 6) is -1.68. The zero-order valence-electron chi connectivity index (χ0n) is 18.2. The fourth-order valence-corrected chi connectivity index (χ4v) is 5.43. The summed E-state index contributed by atoms with van der Waals surface area (Å²) in [7, 11) is 0. The molecule has 0 radical (unpaired) electrons. The van der Waals surface area contributed by atoms with Gasteiger partial charge in [0.1, 0.15) is 12.3 Å². The Kier molecular flexibility index (Phi) is 6.02. The number of nitrogens with one attached hydrogen (secondary N) is 2. The first-order valence-electron chi connectivity index (χ1n) is 11.1. The molecular formula is C25H23N3O5S. The van der Waals surface area contributed by atoms with E-state index in [2.05, 4.69) is 39.9 Å². The van der Waals surface area contributed by atoms with Gasteiger partial charge >= 0.3 is 12.1 Å². The summed E-state index contributed by atoms with van der Waals surface area (Å²) in [6.07, 6.45) is 0.947. The monoisotopic (exact) mass is 477 g/mol. The van der Waals surface area contributed by atoms with Crippen molar-refractivity contribution < 1.29 is 24.2 Å². The lowest BCUT2D eigenvalue weighted by atomic mass is 9.98. The number of rotatable bonds is 6. The van der Waals surface area contributed by atoms with Crippen molar-refractivity contribution in [3.63, 3.8) is 0 Å². The molecular weight excluding hydrogens is 454 g/mol. The van der Waals surface area contributed by atoms with Crippen LogP contribution in [0.5, 0.6) is 0 Å². The van der Waals surface area contributed by atoms with Gasteiger partial charge in [-0.15, -0.1) is 11.3 Å². The number of carbonyl (C=O) groups excluding carboxylic acids is 2. The van der Waals surface area contributed by atoms with Crippen LogP contribution in [0.4, 0.5) is 9.93 Å². The molecule has 5 rings (SSSR count). The largest absolute Gasteiger partial charge is 0.481 e. The molecule has 9 heteroatoms. The normalized spacial score (nSPS) is 18.7. The molecule has 0 bridgehead atoms. The smallest absolute Gasteiger partial charge is 0.413 e. The molecule has 1 saturated carbocycles. The van der Waals surface area contributed by atoms with Gasteiger partial charge in [0.25, 0.3) is 5.91 Å². The number of aliphatic carboxylic acids is 1. The van der Waals surface area contributed by atoms with Gasteiger partial charge in [-0.2, -0.15) is 0 Å². The van der Waals surface area contributed by atoms with Gasteiger partial charge in [0.15, 0.2) is 5.13 Å². The molecule has 0 aliphatic heterocycles. The molecule has 1 aromatic heterocycles. The molecule has 1 fully saturated rings. The van der Waals surface area contributed by atoms with Crippen molar-refractivity contribution in [3.05, 3.63) is 70.7 Å². The zero-order valence-corrected chi connectivity index (χ0v) is 19.0. The highest BCUT2D eigenvalue weighted by atomic mass is 32.1. The Bertz CT molecular complexity index is 1210. The first-order valence-corrected chi connectivity index (χ1v) is 12.0. The molecule has 3 N–H and O–H groups in total. The van der Waals surface area contributed by atoms with E-state index in [1.807, 2.05) is 24.3 Å². The van der Waals surface area contributed by atoms with Crippen LogP contribution in [-0.4, -0.2) is 40.7 Å². The molecule has 34 heavy (non-hydrogen) atoms. The SMILES string of the molecule is O=C(Nc1nc(C(=O)N[C@H]2CC[C@@H](C(=O)O)C2)cs1)OCC1c2ccccc2-c2ccccc21. The van der Waals surface area contributed by atoms with Crippen molar-refractivity contribution in [2.45, 2.75) is 31.2 Å². The summed E-state index contributed by atoms with van der Waals surface area (Å²) >= 11 is 1.13. The van der Waals surface area contributed by atoms with Crippen LogP contribution < -0.4 is 10.6 Å². The lowest BCUT2D eigenvalue weighted by molar-refractivity contribution is -0.141. The minimum absolute atomic E-state index is 0.0446. The number of ether oxygens (including phenoxy) is 1. The maximum absolute atomic E-state index is 12.5. The van der Waals surface area contributed by atoms with Gasteiger partial charge in [0, 0.05) is 17.3 Å². The molecule has 3 aromatic rings. The second-order valence-electron chi connectivity index (χ2n) is 8.51. The van der Waals surface area contributed by atoms with Crippen LogP contribution in [0.3, 0.4) is 0 Å².